The van der Waals surface area contributed by atoms with Gasteiger partial charge in [0.15, 0.2) is 5.03 Å². The Hall–Kier alpha value is -3.46. The normalized spacial score (nSPS) is 17.5. The van der Waals surface area contributed by atoms with Crippen molar-refractivity contribution in [3.63, 3.8) is 0 Å². The lowest BCUT2D eigenvalue weighted by Crippen LogP contribution is -2.41. The van der Waals surface area contributed by atoms with Crippen molar-refractivity contribution < 1.29 is 13.2 Å². The molecule has 1 aliphatic heterocycles. The Morgan fingerprint density at radius 3 is 2.56 bits per heavy atom. The Morgan fingerprint density at radius 2 is 1.91 bits per heavy atom. The monoisotopic (exact) mass is 479 g/mol. The molecule has 1 atom stereocenters. The average molecular weight is 480 g/mol. The summed E-state index contributed by atoms with van der Waals surface area (Å²) in [6.07, 6.45) is 2.67. The molecule has 1 fully saturated rings. The van der Waals surface area contributed by atoms with E-state index in [9.17, 15) is 13.2 Å². The number of nitrogens with zero attached hydrogens (tertiary/aromatic N) is 3. The van der Waals surface area contributed by atoms with Crippen LogP contribution in [0.3, 0.4) is 0 Å². The number of carbonyl (C=O) groups excluding carboxylic acids is 1. The van der Waals surface area contributed by atoms with Crippen molar-refractivity contribution in [3.8, 4) is 11.1 Å². The van der Waals surface area contributed by atoms with Crippen LogP contribution in [0.15, 0.2) is 59.8 Å². The van der Waals surface area contributed by atoms with Crippen molar-refractivity contribution >= 4 is 27.6 Å². The number of sulfonamides is 1. The van der Waals surface area contributed by atoms with E-state index in [0.29, 0.717) is 18.3 Å². The first-order valence-corrected chi connectivity index (χ1v) is 12.6. The Balaban J connectivity index is 1.80. The van der Waals surface area contributed by atoms with Crippen LogP contribution in [0.5, 0.6) is 0 Å². The summed E-state index contributed by atoms with van der Waals surface area (Å²) in [6.45, 7) is 9.04. The van der Waals surface area contributed by atoms with Crippen molar-refractivity contribution in [2.45, 2.75) is 44.7 Å². The Bertz CT molecular complexity index is 1350. The molecule has 3 heterocycles. The van der Waals surface area contributed by atoms with Crippen LogP contribution in [-0.2, 0) is 10.0 Å². The molecule has 0 aliphatic carbocycles. The number of nitrogen functional groups attached to an aromatic ring is 1. The molecule has 1 aromatic carbocycles. The van der Waals surface area contributed by atoms with Crippen LogP contribution in [0.1, 0.15) is 43.1 Å². The summed E-state index contributed by atoms with van der Waals surface area (Å²) in [5, 5.41) is -0.319. The molecule has 0 spiro atoms. The lowest BCUT2D eigenvalue weighted by Gasteiger charge is -2.34. The van der Waals surface area contributed by atoms with Gasteiger partial charge in [0.2, 0.25) is 0 Å². The van der Waals surface area contributed by atoms with Crippen LogP contribution in [0.25, 0.3) is 11.1 Å². The van der Waals surface area contributed by atoms with E-state index in [2.05, 4.69) is 40.4 Å². The van der Waals surface area contributed by atoms with Gasteiger partial charge in [0.25, 0.3) is 15.9 Å². The second kappa shape index (κ2) is 8.72. The van der Waals surface area contributed by atoms with Gasteiger partial charge in [-0.15, -0.1) is 0 Å². The van der Waals surface area contributed by atoms with Gasteiger partial charge in [-0.3, -0.25) is 4.79 Å². The molecule has 1 amide bonds. The summed E-state index contributed by atoms with van der Waals surface area (Å²) in [7, 11) is -4.23. The molecular formula is C25H29N5O3S. The molecule has 9 heteroatoms. The van der Waals surface area contributed by atoms with Crippen LogP contribution in [-0.4, -0.2) is 36.4 Å². The summed E-state index contributed by atoms with van der Waals surface area (Å²) in [4.78, 5) is 24.1. The SMILES string of the molecule is Cc1ccccc1-c1cnc(N2CC(C)CC2(C)C)c(C(=O)NS(=O)(=O)c2cccc(N)n2)c1. The lowest BCUT2D eigenvalue weighted by atomic mass is 9.97. The third-order valence-corrected chi connectivity index (χ3v) is 7.38. The largest absolute Gasteiger partial charge is 0.384 e. The van der Waals surface area contributed by atoms with E-state index in [1.165, 1.54) is 18.2 Å². The molecule has 3 aromatic rings. The number of nitrogens with two attached hydrogens (primary N) is 1. The first kappa shape index (κ1) is 23.7. The van der Waals surface area contributed by atoms with Crippen molar-refractivity contribution in [1.29, 1.82) is 0 Å². The zero-order chi connectivity index (χ0) is 24.7. The maximum atomic E-state index is 13.4. The highest BCUT2D eigenvalue weighted by atomic mass is 32.2. The second-order valence-electron chi connectivity index (χ2n) is 9.48. The number of amides is 1. The number of nitrogens with one attached hydrogen (secondary N) is 1. The van der Waals surface area contributed by atoms with E-state index in [4.69, 9.17) is 5.73 Å². The van der Waals surface area contributed by atoms with E-state index in [-0.39, 0.29) is 21.9 Å². The van der Waals surface area contributed by atoms with E-state index in [0.717, 1.165) is 23.1 Å². The van der Waals surface area contributed by atoms with Crippen LogP contribution < -0.4 is 15.4 Å². The molecule has 2 aromatic heterocycles. The first-order chi connectivity index (χ1) is 16.0. The van der Waals surface area contributed by atoms with E-state index < -0.39 is 15.9 Å². The molecule has 178 valence electrons. The number of anilines is 2. The predicted molar refractivity (Wildman–Crippen MR) is 133 cm³/mol. The fourth-order valence-electron chi connectivity index (χ4n) is 4.65. The topological polar surface area (TPSA) is 118 Å². The molecule has 1 unspecified atom stereocenters. The molecule has 8 nitrogen and oxygen atoms in total. The third-order valence-electron chi connectivity index (χ3n) is 6.14. The molecule has 34 heavy (non-hydrogen) atoms. The van der Waals surface area contributed by atoms with Crippen molar-refractivity contribution in [2.24, 2.45) is 5.92 Å². The van der Waals surface area contributed by atoms with E-state index in [1.807, 2.05) is 31.2 Å². The minimum Gasteiger partial charge on any atom is -0.384 e. The molecule has 1 aliphatic rings. The maximum Gasteiger partial charge on any atom is 0.281 e. The second-order valence-corrected chi connectivity index (χ2v) is 11.1. The molecular weight excluding hydrogens is 450 g/mol. The number of hydrogen-bond donors (Lipinski definition) is 2. The van der Waals surface area contributed by atoms with Gasteiger partial charge in [-0.2, -0.15) is 8.42 Å². The Labute approximate surface area is 200 Å². The highest BCUT2D eigenvalue weighted by molar-refractivity contribution is 7.90. The number of benzene rings is 1. The molecule has 0 saturated carbocycles. The van der Waals surface area contributed by atoms with Gasteiger partial charge in [0, 0.05) is 23.8 Å². The molecule has 1 saturated heterocycles. The average Bonchev–Trinajstić information content (AvgIpc) is 3.05. The van der Waals surface area contributed by atoms with Gasteiger partial charge in [-0.25, -0.2) is 14.7 Å². The van der Waals surface area contributed by atoms with Crippen LogP contribution in [0.4, 0.5) is 11.6 Å². The first-order valence-electron chi connectivity index (χ1n) is 11.1. The summed E-state index contributed by atoms with van der Waals surface area (Å²) in [5.74, 6) is 0.147. The molecule has 4 rings (SSSR count). The highest BCUT2D eigenvalue weighted by Gasteiger charge is 2.39. The van der Waals surface area contributed by atoms with Crippen LogP contribution in [0.2, 0.25) is 0 Å². The number of carbonyl (C=O) groups is 1. The Morgan fingerprint density at radius 1 is 1.18 bits per heavy atom. The minimum absolute atomic E-state index is 0.0482. The molecule has 3 N–H and O–H groups in total. The zero-order valence-corrected chi connectivity index (χ0v) is 20.6. The predicted octanol–water partition coefficient (Wildman–Crippen LogP) is 3.78. The van der Waals surface area contributed by atoms with E-state index >= 15 is 0 Å². The maximum absolute atomic E-state index is 13.4. The summed E-state index contributed by atoms with van der Waals surface area (Å²) in [6, 6.07) is 13.7. The van der Waals surface area contributed by atoms with Crippen LogP contribution >= 0.6 is 0 Å². The van der Waals surface area contributed by atoms with Crippen molar-refractivity contribution in [3.05, 3.63) is 65.9 Å². The third kappa shape index (κ3) is 4.61. The zero-order valence-electron chi connectivity index (χ0n) is 19.7. The lowest BCUT2D eigenvalue weighted by molar-refractivity contribution is 0.0981. The van der Waals surface area contributed by atoms with Gasteiger partial charge < -0.3 is 10.6 Å². The fourth-order valence-corrected chi connectivity index (χ4v) is 5.59. The van der Waals surface area contributed by atoms with Gasteiger partial charge in [0.05, 0.1) is 5.56 Å². The summed E-state index contributed by atoms with van der Waals surface area (Å²) in [5.41, 5.74) is 8.27. The number of pyridine rings is 2. The number of rotatable bonds is 5. The standard InChI is InChI=1S/C25H29N5O3S/c1-16-13-25(3,4)30(15-16)23-20(12-18(14-27-23)19-9-6-5-8-17(19)2)24(31)29-34(32,33)22-11-7-10-21(26)28-22/h5-12,14,16H,13,15H2,1-4H3,(H2,26,28)(H,29,31). The van der Waals surface area contributed by atoms with Crippen molar-refractivity contribution in [1.82, 2.24) is 14.7 Å². The summed E-state index contributed by atoms with van der Waals surface area (Å²) >= 11 is 0. The molecule has 0 radical (unpaired) electrons. The van der Waals surface area contributed by atoms with Gasteiger partial charge in [-0.1, -0.05) is 37.3 Å². The van der Waals surface area contributed by atoms with Crippen LogP contribution in [0, 0.1) is 12.8 Å². The van der Waals surface area contributed by atoms with Crippen molar-refractivity contribution in [2.75, 3.05) is 17.2 Å². The Kier molecular flexibility index (Phi) is 6.07. The fraction of sp³-hybridized carbons (Fsp3) is 0.320. The number of hydrogen-bond acceptors (Lipinski definition) is 7. The smallest absolute Gasteiger partial charge is 0.281 e. The van der Waals surface area contributed by atoms with Gasteiger partial charge in [0.1, 0.15) is 11.6 Å². The highest BCUT2D eigenvalue weighted by Crippen LogP contribution is 2.38. The quantitative estimate of drug-likeness (QED) is 0.572. The minimum atomic E-state index is -4.23. The van der Waals surface area contributed by atoms with Gasteiger partial charge in [-0.05, 0) is 62.4 Å². The van der Waals surface area contributed by atoms with Gasteiger partial charge >= 0.3 is 0 Å². The summed E-state index contributed by atoms with van der Waals surface area (Å²) < 4.78 is 28.0. The number of aromatic nitrogens is 2. The number of aryl methyl sites for hydroxylation is 1. The van der Waals surface area contributed by atoms with E-state index in [1.54, 1.807) is 12.3 Å². The molecule has 0 bridgehead atoms.